The molecular formula is C11H12F2N2O3. The highest BCUT2D eigenvalue weighted by atomic mass is 19.1. The Morgan fingerprint density at radius 1 is 1.28 bits per heavy atom. The van der Waals surface area contributed by atoms with Crippen molar-refractivity contribution < 1.29 is 23.5 Å². The Labute approximate surface area is 102 Å². The van der Waals surface area contributed by atoms with Crippen LogP contribution in [0.15, 0.2) is 18.2 Å². The highest BCUT2D eigenvalue weighted by Crippen LogP contribution is 2.17. The Hall–Kier alpha value is -2.02. The number of para-hydroxylation sites is 1. The molecule has 1 aromatic rings. The third-order valence-electron chi connectivity index (χ3n) is 1.97. The molecule has 1 aromatic carbocycles. The summed E-state index contributed by atoms with van der Waals surface area (Å²) in [6.07, 6.45) is -0.827. The van der Waals surface area contributed by atoms with Gasteiger partial charge in [0.25, 0.3) is 0 Å². The number of carbonyl (C=O) groups is 2. The van der Waals surface area contributed by atoms with Gasteiger partial charge in [-0.15, -0.1) is 0 Å². The number of anilines is 1. The third kappa shape index (κ3) is 3.77. The van der Waals surface area contributed by atoms with Gasteiger partial charge in [-0.25, -0.2) is 8.78 Å². The molecule has 0 saturated carbocycles. The average molecular weight is 258 g/mol. The second kappa shape index (κ2) is 6.06. The van der Waals surface area contributed by atoms with Crippen LogP contribution in [0.2, 0.25) is 0 Å². The van der Waals surface area contributed by atoms with Crippen molar-refractivity contribution in [1.82, 2.24) is 5.32 Å². The van der Waals surface area contributed by atoms with Crippen molar-refractivity contribution in [1.29, 1.82) is 0 Å². The normalized spacial score (nSPS) is 11.8. The molecule has 0 spiro atoms. The Kier molecular flexibility index (Phi) is 4.73. The van der Waals surface area contributed by atoms with Gasteiger partial charge in [0, 0.05) is 6.54 Å². The van der Waals surface area contributed by atoms with Crippen molar-refractivity contribution in [3.63, 3.8) is 0 Å². The van der Waals surface area contributed by atoms with Gasteiger partial charge in [0.2, 0.25) is 0 Å². The van der Waals surface area contributed by atoms with Crippen LogP contribution < -0.4 is 10.6 Å². The van der Waals surface area contributed by atoms with E-state index in [9.17, 15) is 18.4 Å². The molecule has 0 fully saturated rings. The molecule has 7 heteroatoms. The predicted octanol–water partition coefficient (Wildman–Crippen LogP) is 0.400. The first-order chi connectivity index (χ1) is 8.41. The Morgan fingerprint density at radius 3 is 2.33 bits per heavy atom. The molecule has 18 heavy (non-hydrogen) atoms. The van der Waals surface area contributed by atoms with Gasteiger partial charge >= 0.3 is 11.8 Å². The molecule has 1 rings (SSSR count). The summed E-state index contributed by atoms with van der Waals surface area (Å²) in [6.45, 7) is 1.28. The van der Waals surface area contributed by atoms with Crippen LogP contribution in [-0.4, -0.2) is 29.6 Å². The number of aliphatic hydroxyl groups is 1. The first kappa shape index (κ1) is 14.0. The Balaban J connectivity index is 2.67. The highest BCUT2D eigenvalue weighted by molar-refractivity contribution is 6.39. The first-order valence-electron chi connectivity index (χ1n) is 5.13. The molecule has 0 aliphatic rings. The highest BCUT2D eigenvalue weighted by Gasteiger charge is 2.18. The van der Waals surface area contributed by atoms with E-state index in [0.29, 0.717) is 0 Å². The van der Waals surface area contributed by atoms with Crippen LogP contribution in [0.5, 0.6) is 0 Å². The van der Waals surface area contributed by atoms with Crippen LogP contribution >= 0.6 is 0 Å². The van der Waals surface area contributed by atoms with Crippen LogP contribution in [0.4, 0.5) is 14.5 Å². The fourth-order valence-corrected chi connectivity index (χ4v) is 1.11. The quantitative estimate of drug-likeness (QED) is 0.687. The minimum Gasteiger partial charge on any atom is -0.392 e. The zero-order chi connectivity index (χ0) is 13.7. The van der Waals surface area contributed by atoms with E-state index in [-0.39, 0.29) is 6.54 Å². The summed E-state index contributed by atoms with van der Waals surface area (Å²) in [6, 6.07) is 3.03. The van der Waals surface area contributed by atoms with Crippen molar-refractivity contribution >= 4 is 17.5 Å². The van der Waals surface area contributed by atoms with Gasteiger partial charge in [0.05, 0.1) is 6.10 Å². The molecule has 0 aromatic heterocycles. The third-order valence-corrected chi connectivity index (χ3v) is 1.97. The lowest BCUT2D eigenvalue weighted by molar-refractivity contribution is -0.136. The van der Waals surface area contributed by atoms with Crippen molar-refractivity contribution in [3.05, 3.63) is 29.8 Å². The first-order valence-corrected chi connectivity index (χ1v) is 5.13. The van der Waals surface area contributed by atoms with E-state index in [1.54, 1.807) is 0 Å². The summed E-state index contributed by atoms with van der Waals surface area (Å²) in [4.78, 5) is 22.5. The van der Waals surface area contributed by atoms with E-state index in [1.165, 1.54) is 6.92 Å². The fourth-order valence-electron chi connectivity index (χ4n) is 1.11. The van der Waals surface area contributed by atoms with E-state index in [0.717, 1.165) is 18.2 Å². The summed E-state index contributed by atoms with van der Waals surface area (Å²) in [5.41, 5.74) is -0.685. The molecule has 0 heterocycles. The van der Waals surface area contributed by atoms with Crippen LogP contribution in [0, 0.1) is 11.6 Å². The molecular weight excluding hydrogens is 246 g/mol. The predicted molar refractivity (Wildman–Crippen MR) is 59.7 cm³/mol. The maximum atomic E-state index is 13.2. The van der Waals surface area contributed by atoms with Crippen molar-refractivity contribution in [2.24, 2.45) is 0 Å². The smallest absolute Gasteiger partial charge is 0.313 e. The lowest BCUT2D eigenvalue weighted by Crippen LogP contribution is -2.39. The number of halogens is 2. The van der Waals surface area contributed by atoms with Crippen molar-refractivity contribution in [2.45, 2.75) is 13.0 Å². The number of aliphatic hydroxyl groups excluding tert-OH is 1. The van der Waals surface area contributed by atoms with Gasteiger partial charge < -0.3 is 15.7 Å². The van der Waals surface area contributed by atoms with E-state index < -0.39 is 35.2 Å². The summed E-state index contributed by atoms with van der Waals surface area (Å²) in [5.74, 6) is -4.25. The fraction of sp³-hybridized carbons (Fsp3) is 0.273. The molecule has 3 N–H and O–H groups in total. The minimum atomic E-state index is -1.21. The number of hydrogen-bond acceptors (Lipinski definition) is 3. The van der Waals surface area contributed by atoms with Crippen LogP contribution in [0.1, 0.15) is 6.92 Å². The van der Waals surface area contributed by atoms with Gasteiger partial charge in [-0.3, -0.25) is 9.59 Å². The topological polar surface area (TPSA) is 78.4 Å². The molecule has 0 aliphatic carbocycles. The zero-order valence-electron chi connectivity index (χ0n) is 9.54. The second-order valence-corrected chi connectivity index (χ2v) is 3.61. The van der Waals surface area contributed by atoms with Gasteiger partial charge in [0.15, 0.2) is 0 Å². The van der Waals surface area contributed by atoms with E-state index >= 15 is 0 Å². The summed E-state index contributed by atoms with van der Waals surface area (Å²) in [7, 11) is 0. The number of benzene rings is 1. The maximum absolute atomic E-state index is 13.2. The number of amides is 2. The maximum Gasteiger partial charge on any atom is 0.313 e. The summed E-state index contributed by atoms with van der Waals surface area (Å²) in [5, 5.41) is 12.8. The molecule has 1 atom stereocenters. The van der Waals surface area contributed by atoms with Gasteiger partial charge in [-0.2, -0.15) is 0 Å². The second-order valence-electron chi connectivity index (χ2n) is 3.61. The van der Waals surface area contributed by atoms with Gasteiger partial charge in [-0.1, -0.05) is 6.07 Å². The number of nitrogens with one attached hydrogen (secondary N) is 2. The number of rotatable bonds is 3. The SMILES string of the molecule is CC(O)CNC(=O)C(=O)Nc1c(F)cccc1F. The lowest BCUT2D eigenvalue weighted by Gasteiger charge is -2.08. The molecule has 98 valence electrons. The number of hydrogen-bond donors (Lipinski definition) is 3. The molecule has 0 aliphatic heterocycles. The monoisotopic (exact) mass is 258 g/mol. The molecule has 0 bridgehead atoms. The molecule has 2 amide bonds. The van der Waals surface area contributed by atoms with Crippen LogP contribution in [0.3, 0.4) is 0 Å². The lowest BCUT2D eigenvalue weighted by atomic mass is 10.3. The van der Waals surface area contributed by atoms with E-state index in [2.05, 4.69) is 5.32 Å². The van der Waals surface area contributed by atoms with E-state index in [4.69, 9.17) is 5.11 Å². The molecule has 5 nitrogen and oxygen atoms in total. The largest absolute Gasteiger partial charge is 0.392 e. The summed E-state index contributed by atoms with van der Waals surface area (Å²) < 4.78 is 26.3. The van der Waals surface area contributed by atoms with Gasteiger partial charge in [-0.05, 0) is 19.1 Å². The molecule has 0 saturated heterocycles. The van der Waals surface area contributed by atoms with Crippen LogP contribution in [-0.2, 0) is 9.59 Å². The molecule has 1 unspecified atom stereocenters. The standard InChI is InChI=1S/C11H12F2N2O3/c1-6(16)5-14-10(17)11(18)15-9-7(12)3-2-4-8(9)13/h2-4,6,16H,5H2,1H3,(H,14,17)(H,15,18). The van der Waals surface area contributed by atoms with Crippen molar-refractivity contribution in [3.8, 4) is 0 Å². The zero-order valence-corrected chi connectivity index (χ0v) is 9.54. The van der Waals surface area contributed by atoms with Crippen molar-refractivity contribution in [2.75, 3.05) is 11.9 Å². The average Bonchev–Trinajstić information content (AvgIpc) is 2.30. The van der Waals surface area contributed by atoms with E-state index in [1.807, 2.05) is 5.32 Å². The van der Waals surface area contributed by atoms with Gasteiger partial charge in [0.1, 0.15) is 17.3 Å². The van der Waals surface area contributed by atoms with Crippen LogP contribution in [0.25, 0.3) is 0 Å². The Bertz CT molecular complexity index is 443. The minimum absolute atomic E-state index is 0.133. The Morgan fingerprint density at radius 2 is 1.83 bits per heavy atom. The summed E-state index contributed by atoms with van der Waals surface area (Å²) >= 11 is 0. The number of carbonyl (C=O) groups excluding carboxylic acids is 2. The molecule has 0 radical (unpaired) electrons.